The molecule has 0 saturated heterocycles. The Morgan fingerprint density at radius 2 is 1.35 bits per heavy atom. The van der Waals surface area contributed by atoms with Crippen molar-refractivity contribution in [1.29, 1.82) is 0 Å². The summed E-state index contributed by atoms with van der Waals surface area (Å²) in [4.78, 5) is 9.60. The first-order valence-electron chi connectivity index (χ1n) is 7.95. The second-order valence-corrected chi connectivity index (χ2v) is 12.0. The predicted molar refractivity (Wildman–Crippen MR) is 103 cm³/mol. The number of carboxylic acid groups (broad SMARTS) is 1. The largest absolute Gasteiger partial charge is 0.464 e. The summed E-state index contributed by atoms with van der Waals surface area (Å²) in [6.45, 7) is 4.91. The molecule has 0 bridgehead atoms. The predicted octanol–water partition coefficient (Wildman–Crippen LogP) is 2.97. The highest BCUT2D eigenvalue weighted by Crippen LogP contribution is 2.56. The van der Waals surface area contributed by atoms with Crippen molar-refractivity contribution in [3.05, 3.63) is 60.7 Å². The molecule has 2 aromatic rings. The van der Waals surface area contributed by atoms with E-state index in [-0.39, 0.29) is 0 Å². The Labute approximate surface area is 153 Å². The monoisotopic (exact) mass is 395 g/mol. The van der Waals surface area contributed by atoms with Crippen LogP contribution in [0.15, 0.2) is 60.7 Å². The minimum Gasteiger partial charge on any atom is -0.464 e. The van der Waals surface area contributed by atoms with Gasteiger partial charge in [0.05, 0.1) is 0 Å². The van der Waals surface area contributed by atoms with Gasteiger partial charge in [-0.2, -0.15) is 0 Å². The molecular weight excluding hydrogens is 373 g/mol. The lowest BCUT2D eigenvalue weighted by Crippen LogP contribution is -2.47. The van der Waals surface area contributed by atoms with Gasteiger partial charge >= 0.3 is 6.09 Å². The average Bonchev–Trinajstić information content (AvgIpc) is 2.53. The molecule has 0 aliphatic heterocycles. The van der Waals surface area contributed by atoms with Crippen molar-refractivity contribution in [2.75, 3.05) is 0 Å². The smallest absolute Gasteiger partial charge is 0.418 e. The third-order valence-electron chi connectivity index (χ3n) is 3.87. The standard InChI is InChI=1S/C18H22NO5PS/c1-18(2,3)16(26(23,24)19-17(20)21)25(22,14-10-6-4-7-11-14)15-12-8-5-9-13-15/h4-13,16,19H,1-3H3,(H,20,21). The quantitative estimate of drug-likeness (QED) is 0.758. The van der Waals surface area contributed by atoms with Gasteiger partial charge < -0.3 is 9.67 Å². The van der Waals surface area contributed by atoms with Gasteiger partial charge in [0.15, 0.2) is 7.14 Å². The van der Waals surface area contributed by atoms with Gasteiger partial charge in [-0.15, -0.1) is 0 Å². The first kappa shape index (κ1) is 20.2. The molecule has 0 fully saturated rings. The zero-order valence-corrected chi connectivity index (χ0v) is 16.5. The van der Waals surface area contributed by atoms with Crippen molar-refractivity contribution in [1.82, 2.24) is 4.72 Å². The topological polar surface area (TPSA) is 101 Å². The highest BCUT2D eigenvalue weighted by Gasteiger charge is 2.52. The van der Waals surface area contributed by atoms with Crippen molar-refractivity contribution < 1.29 is 22.9 Å². The Kier molecular flexibility index (Phi) is 5.64. The van der Waals surface area contributed by atoms with Crippen LogP contribution >= 0.6 is 7.14 Å². The van der Waals surface area contributed by atoms with Crippen LogP contribution in [0.25, 0.3) is 0 Å². The van der Waals surface area contributed by atoms with Crippen LogP contribution in [0.4, 0.5) is 4.79 Å². The number of sulfonamides is 1. The Hall–Kier alpha value is -2.11. The van der Waals surface area contributed by atoms with E-state index in [0.717, 1.165) is 0 Å². The summed E-state index contributed by atoms with van der Waals surface area (Å²) in [5.41, 5.74) is -0.998. The zero-order chi connectivity index (χ0) is 19.6. The molecule has 0 spiro atoms. The normalized spacial score (nSPS) is 13.8. The lowest BCUT2D eigenvalue weighted by molar-refractivity contribution is 0.201. The van der Waals surface area contributed by atoms with Gasteiger partial charge in [-0.05, 0) is 5.41 Å². The van der Waals surface area contributed by atoms with Crippen LogP contribution in [0.2, 0.25) is 0 Å². The molecule has 26 heavy (non-hydrogen) atoms. The fraction of sp³-hybridized carbons (Fsp3) is 0.278. The summed E-state index contributed by atoms with van der Waals surface area (Å²) in [6.07, 6.45) is -1.70. The highest BCUT2D eigenvalue weighted by atomic mass is 32.2. The van der Waals surface area contributed by atoms with Crippen LogP contribution in [-0.2, 0) is 14.6 Å². The molecule has 0 aliphatic rings. The SMILES string of the molecule is CC(C)(C)C(P(=O)(c1ccccc1)c1ccccc1)S(=O)(=O)NC(=O)O. The van der Waals surface area contributed by atoms with E-state index in [9.17, 15) is 17.8 Å². The Bertz CT molecular complexity index is 878. The minimum absolute atomic E-state index is 0.363. The minimum atomic E-state index is -4.45. The number of amides is 1. The number of rotatable bonds is 5. The fourth-order valence-corrected chi connectivity index (χ4v) is 10.0. The van der Waals surface area contributed by atoms with Crippen LogP contribution in [-0.4, -0.2) is 24.6 Å². The molecule has 1 amide bonds. The second kappa shape index (κ2) is 7.25. The van der Waals surface area contributed by atoms with Crippen molar-refractivity contribution in [3.63, 3.8) is 0 Å². The third-order valence-corrected chi connectivity index (χ3v) is 10.9. The fourth-order valence-electron chi connectivity index (χ4n) is 3.10. The molecule has 0 aliphatic carbocycles. The molecule has 1 unspecified atom stereocenters. The molecule has 2 rings (SSSR count). The van der Waals surface area contributed by atoms with Gasteiger partial charge in [0.2, 0.25) is 10.0 Å². The van der Waals surface area contributed by atoms with Crippen LogP contribution in [0.1, 0.15) is 20.8 Å². The van der Waals surface area contributed by atoms with Gasteiger partial charge in [0.25, 0.3) is 0 Å². The van der Waals surface area contributed by atoms with E-state index < -0.39 is 33.7 Å². The van der Waals surface area contributed by atoms with E-state index in [1.54, 1.807) is 86.2 Å². The third kappa shape index (κ3) is 4.00. The number of hydrogen-bond acceptors (Lipinski definition) is 4. The van der Waals surface area contributed by atoms with Gasteiger partial charge in [-0.25, -0.2) is 17.9 Å². The Balaban J connectivity index is 2.85. The summed E-state index contributed by atoms with van der Waals surface area (Å²) in [6, 6.07) is 16.7. The van der Waals surface area contributed by atoms with Gasteiger partial charge in [0, 0.05) is 10.6 Å². The number of hydrogen-bond donors (Lipinski definition) is 2. The Morgan fingerprint density at radius 3 is 1.65 bits per heavy atom. The van der Waals surface area contributed by atoms with E-state index in [1.165, 1.54) is 0 Å². The zero-order valence-electron chi connectivity index (χ0n) is 14.8. The first-order chi connectivity index (χ1) is 12.0. The maximum Gasteiger partial charge on any atom is 0.418 e. The summed E-state index contributed by atoms with van der Waals surface area (Å²) in [5.74, 6) is 0. The molecule has 1 atom stereocenters. The molecular formula is C18H22NO5PS. The molecule has 6 nitrogen and oxygen atoms in total. The molecule has 0 heterocycles. The molecule has 2 N–H and O–H groups in total. The summed E-state index contributed by atoms with van der Waals surface area (Å²) in [7, 11) is -8.19. The molecule has 0 radical (unpaired) electrons. The van der Waals surface area contributed by atoms with Crippen LogP contribution in [0.3, 0.4) is 0 Å². The first-order valence-corrected chi connectivity index (χ1v) is 11.3. The van der Waals surface area contributed by atoms with Gasteiger partial charge in [0.1, 0.15) is 4.99 Å². The molecule has 2 aromatic carbocycles. The van der Waals surface area contributed by atoms with Crippen molar-refractivity contribution in [3.8, 4) is 0 Å². The van der Waals surface area contributed by atoms with Crippen molar-refractivity contribution in [2.45, 2.75) is 25.8 Å². The summed E-state index contributed by atoms with van der Waals surface area (Å²) < 4.78 is 41.8. The molecule has 140 valence electrons. The number of nitrogens with one attached hydrogen (secondary N) is 1. The van der Waals surface area contributed by atoms with Gasteiger partial charge in [-0.1, -0.05) is 81.4 Å². The number of benzene rings is 2. The maximum absolute atomic E-state index is 14.4. The summed E-state index contributed by atoms with van der Waals surface area (Å²) in [5, 5.41) is 9.72. The Morgan fingerprint density at radius 1 is 0.962 bits per heavy atom. The second-order valence-electron chi connectivity index (χ2n) is 7.00. The van der Waals surface area contributed by atoms with E-state index >= 15 is 0 Å². The average molecular weight is 395 g/mol. The van der Waals surface area contributed by atoms with E-state index in [0.29, 0.717) is 10.6 Å². The molecule has 0 saturated carbocycles. The van der Waals surface area contributed by atoms with E-state index in [1.807, 2.05) is 0 Å². The maximum atomic E-state index is 14.4. The summed E-state index contributed by atoms with van der Waals surface area (Å²) >= 11 is 0. The van der Waals surface area contributed by atoms with E-state index in [4.69, 9.17) is 5.11 Å². The molecule has 0 aromatic heterocycles. The van der Waals surface area contributed by atoms with Crippen LogP contribution in [0, 0.1) is 5.41 Å². The lowest BCUT2D eigenvalue weighted by Gasteiger charge is -2.36. The van der Waals surface area contributed by atoms with Crippen molar-refractivity contribution >= 4 is 33.9 Å². The highest BCUT2D eigenvalue weighted by molar-refractivity contribution is 8.02. The van der Waals surface area contributed by atoms with Crippen LogP contribution in [0.5, 0.6) is 0 Å². The van der Waals surface area contributed by atoms with Gasteiger partial charge in [-0.3, -0.25) is 0 Å². The molecule has 8 heteroatoms. The lowest BCUT2D eigenvalue weighted by atomic mass is 10.00. The van der Waals surface area contributed by atoms with Crippen molar-refractivity contribution in [2.24, 2.45) is 5.41 Å². The number of carbonyl (C=O) groups is 1. The van der Waals surface area contributed by atoms with E-state index in [2.05, 4.69) is 0 Å². The van der Waals surface area contributed by atoms with Crippen LogP contribution < -0.4 is 15.3 Å².